The molecular weight excluding hydrogens is 274 g/mol. The summed E-state index contributed by atoms with van der Waals surface area (Å²) in [7, 11) is 0. The van der Waals surface area contributed by atoms with Gasteiger partial charge in [-0.15, -0.1) is 0 Å². The van der Waals surface area contributed by atoms with Gasteiger partial charge in [-0.05, 0) is 32.8 Å². The minimum atomic E-state index is -0.988. The minimum Gasteiger partial charge on any atom is -0.491 e. The van der Waals surface area contributed by atoms with Crippen LogP contribution in [0.5, 0.6) is 5.75 Å². The predicted molar refractivity (Wildman–Crippen MR) is 77.1 cm³/mol. The van der Waals surface area contributed by atoms with E-state index in [1.165, 1.54) is 6.07 Å². The van der Waals surface area contributed by atoms with Gasteiger partial charge >= 0.3 is 0 Å². The summed E-state index contributed by atoms with van der Waals surface area (Å²) in [4.78, 5) is 22.1. The number of nitro benzene ring substituents is 1. The molecule has 1 atom stereocenters. The van der Waals surface area contributed by atoms with Crippen molar-refractivity contribution in [3.63, 3.8) is 0 Å². The fourth-order valence-corrected chi connectivity index (χ4v) is 2.04. The number of amides is 1. The molecule has 0 aromatic heterocycles. The molecule has 0 saturated heterocycles. The number of carbonyl (C=O) groups is 1. The van der Waals surface area contributed by atoms with E-state index >= 15 is 0 Å². The van der Waals surface area contributed by atoms with Crippen LogP contribution >= 0.6 is 0 Å². The molecule has 3 N–H and O–H groups in total. The van der Waals surface area contributed by atoms with Crippen molar-refractivity contribution in [1.82, 2.24) is 5.32 Å². The van der Waals surface area contributed by atoms with E-state index in [2.05, 4.69) is 5.32 Å². The molecule has 0 radical (unpaired) electrons. The highest BCUT2D eigenvalue weighted by Crippen LogP contribution is 2.28. The van der Waals surface area contributed by atoms with Crippen molar-refractivity contribution in [3.05, 3.63) is 33.9 Å². The van der Waals surface area contributed by atoms with Gasteiger partial charge < -0.3 is 10.5 Å². The van der Waals surface area contributed by atoms with E-state index in [4.69, 9.17) is 10.5 Å². The van der Waals surface area contributed by atoms with E-state index in [0.717, 1.165) is 12.8 Å². The van der Waals surface area contributed by atoms with Crippen LogP contribution in [-0.4, -0.2) is 29.0 Å². The lowest BCUT2D eigenvalue weighted by Gasteiger charge is -2.27. The van der Waals surface area contributed by atoms with Crippen LogP contribution in [0.25, 0.3) is 0 Å². The van der Waals surface area contributed by atoms with Crippen LogP contribution in [0.2, 0.25) is 0 Å². The summed E-state index contributed by atoms with van der Waals surface area (Å²) in [5.41, 5.74) is 4.87. The zero-order valence-corrected chi connectivity index (χ0v) is 12.1. The number of hydrogen-bond acceptors (Lipinski definition) is 5. The number of nitrogens with one attached hydrogen (secondary N) is 1. The van der Waals surface area contributed by atoms with Gasteiger partial charge in [0.15, 0.2) is 0 Å². The summed E-state index contributed by atoms with van der Waals surface area (Å²) in [5, 5.41) is 14.1. The number of nitro groups is 1. The van der Waals surface area contributed by atoms with Crippen molar-refractivity contribution in [1.29, 1.82) is 0 Å². The highest BCUT2D eigenvalue weighted by molar-refractivity contribution is 5.84. The molecule has 1 aromatic carbocycles. The van der Waals surface area contributed by atoms with Gasteiger partial charge in [-0.3, -0.25) is 20.2 Å². The average molecular weight is 293 g/mol. The molecule has 1 saturated carbocycles. The van der Waals surface area contributed by atoms with Crippen LogP contribution in [-0.2, 0) is 4.79 Å². The molecule has 7 nitrogen and oxygen atoms in total. The molecule has 1 aliphatic carbocycles. The fourth-order valence-electron chi connectivity index (χ4n) is 2.04. The summed E-state index contributed by atoms with van der Waals surface area (Å²) in [6, 6.07) is 4.90. The first kappa shape index (κ1) is 15.2. The predicted octanol–water partition coefficient (Wildman–Crippen LogP) is 1.28. The Morgan fingerprint density at radius 1 is 1.57 bits per heavy atom. The molecule has 21 heavy (non-hydrogen) atoms. The molecule has 7 heteroatoms. The Labute approximate surface area is 122 Å². The molecular formula is C14H19N3O4. The molecule has 0 heterocycles. The molecule has 0 aliphatic heterocycles. The lowest BCUT2D eigenvalue weighted by molar-refractivity contribution is -0.385. The van der Waals surface area contributed by atoms with Crippen LogP contribution in [0, 0.1) is 17.0 Å². The smallest absolute Gasteiger partial charge is 0.276 e. The average Bonchev–Trinajstić information content (AvgIpc) is 3.20. The number of primary amides is 1. The van der Waals surface area contributed by atoms with E-state index in [0.29, 0.717) is 11.3 Å². The van der Waals surface area contributed by atoms with Crippen molar-refractivity contribution in [2.45, 2.75) is 38.3 Å². The summed E-state index contributed by atoms with van der Waals surface area (Å²) in [6.45, 7) is 3.32. The van der Waals surface area contributed by atoms with Gasteiger partial charge in [0.05, 0.1) is 10.5 Å². The topological polar surface area (TPSA) is 107 Å². The lowest BCUT2D eigenvalue weighted by Crippen LogP contribution is -2.57. The summed E-state index contributed by atoms with van der Waals surface area (Å²) in [6.07, 6.45) is 2.03. The molecule has 1 amide bonds. The number of rotatable bonds is 7. The number of carbonyl (C=O) groups excluding carboxylic acids is 1. The molecule has 1 fully saturated rings. The van der Waals surface area contributed by atoms with Gasteiger partial charge in [0.2, 0.25) is 5.91 Å². The van der Waals surface area contributed by atoms with Crippen LogP contribution < -0.4 is 15.8 Å². The first-order valence-corrected chi connectivity index (χ1v) is 6.78. The van der Waals surface area contributed by atoms with Crippen molar-refractivity contribution in [2.75, 3.05) is 6.61 Å². The number of ether oxygens (including phenoxy) is 1. The molecule has 1 unspecified atom stereocenters. The Balaban J connectivity index is 2.12. The van der Waals surface area contributed by atoms with Crippen molar-refractivity contribution in [3.8, 4) is 5.75 Å². The fraction of sp³-hybridized carbons (Fsp3) is 0.500. The van der Waals surface area contributed by atoms with E-state index in [-0.39, 0.29) is 18.3 Å². The van der Waals surface area contributed by atoms with Crippen molar-refractivity contribution in [2.24, 2.45) is 5.73 Å². The third-order valence-electron chi connectivity index (χ3n) is 3.61. The Morgan fingerprint density at radius 3 is 2.76 bits per heavy atom. The Morgan fingerprint density at radius 2 is 2.24 bits per heavy atom. The summed E-state index contributed by atoms with van der Waals surface area (Å²) in [5.74, 6) is -0.119. The first-order valence-electron chi connectivity index (χ1n) is 6.78. The molecule has 2 rings (SSSR count). The standard InChI is InChI=1S/C14H19N3O4/c1-9-11(17(19)20)4-3-5-12(9)21-8-14(2,13(15)18)16-10-6-7-10/h3-5,10,16H,6-8H2,1-2H3,(H2,15,18). The van der Waals surface area contributed by atoms with Crippen LogP contribution in [0.3, 0.4) is 0 Å². The van der Waals surface area contributed by atoms with E-state index in [9.17, 15) is 14.9 Å². The van der Waals surface area contributed by atoms with Crippen LogP contribution in [0.15, 0.2) is 18.2 Å². The number of nitrogens with two attached hydrogens (primary N) is 1. The Bertz CT molecular complexity index is 571. The largest absolute Gasteiger partial charge is 0.491 e. The van der Waals surface area contributed by atoms with E-state index in [1.807, 2.05) is 0 Å². The Hall–Kier alpha value is -2.15. The van der Waals surface area contributed by atoms with Crippen molar-refractivity contribution >= 4 is 11.6 Å². The molecule has 1 aromatic rings. The quantitative estimate of drug-likeness (QED) is 0.581. The van der Waals surface area contributed by atoms with Gasteiger partial charge in [-0.2, -0.15) is 0 Å². The van der Waals surface area contributed by atoms with Crippen molar-refractivity contribution < 1.29 is 14.5 Å². The monoisotopic (exact) mass is 293 g/mol. The van der Waals surface area contributed by atoms with Gasteiger partial charge in [0.1, 0.15) is 17.9 Å². The van der Waals surface area contributed by atoms with Gasteiger partial charge in [-0.1, -0.05) is 6.07 Å². The van der Waals surface area contributed by atoms with Gasteiger partial charge in [0, 0.05) is 12.1 Å². The zero-order chi connectivity index (χ0) is 15.6. The minimum absolute atomic E-state index is 0.0107. The molecule has 1 aliphatic rings. The molecule has 0 spiro atoms. The zero-order valence-electron chi connectivity index (χ0n) is 12.1. The Kier molecular flexibility index (Phi) is 4.13. The number of nitrogens with zero attached hydrogens (tertiary/aromatic N) is 1. The molecule has 114 valence electrons. The maximum Gasteiger partial charge on any atom is 0.276 e. The van der Waals surface area contributed by atoms with Gasteiger partial charge in [-0.25, -0.2) is 0 Å². The maximum atomic E-state index is 11.6. The first-order chi connectivity index (χ1) is 9.83. The maximum absolute atomic E-state index is 11.6. The van der Waals surface area contributed by atoms with E-state index < -0.39 is 16.4 Å². The van der Waals surface area contributed by atoms with Gasteiger partial charge in [0.25, 0.3) is 5.69 Å². The van der Waals surface area contributed by atoms with Crippen LogP contribution in [0.1, 0.15) is 25.3 Å². The second kappa shape index (κ2) is 5.69. The molecule has 0 bridgehead atoms. The number of benzene rings is 1. The third-order valence-corrected chi connectivity index (χ3v) is 3.61. The normalized spacial score (nSPS) is 17.0. The lowest BCUT2D eigenvalue weighted by atomic mass is 10.0. The van der Waals surface area contributed by atoms with E-state index in [1.54, 1.807) is 26.0 Å². The second-order valence-corrected chi connectivity index (χ2v) is 5.56. The SMILES string of the molecule is Cc1c(OCC(C)(NC2CC2)C(N)=O)cccc1[N+](=O)[O-]. The second-order valence-electron chi connectivity index (χ2n) is 5.56. The highest BCUT2D eigenvalue weighted by Gasteiger charge is 2.38. The highest BCUT2D eigenvalue weighted by atomic mass is 16.6. The number of hydrogen-bond donors (Lipinski definition) is 2. The van der Waals surface area contributed by atoms with Crippen LogP contribution in [0.4, 0.5) is 5.69 Å². The third kappa shape index (κ3) is 3.49. The summed E-state index contributed by atoms with van der Waals surface area (Å²) >= 11 is 0. The summed E-state index contributed by atoms with van der Waals surface area (Å²) < 4.78 is 5.61.